The number of hydrogen-bond acceptors (Lipinski definition) is 2. The number of fused-ring (bicyclic) bond motifs is 1. The first-order chi connectivity index (χ1) is 9.65. The van der Waals surface area contributed by atoms with E-state index >= 15 is 0 Å². The molecule has 4 nitrogen and oxygen atoms in total. The Morgan fingerprint density at radius 3 is 2.80 bits per heavy atom. The normalized spacial score (nSPS) is 10.7. The van der Waals surface area contributed by atoms with Crippen molar-refractivity contribution < 1.29 is 4.79 Å². The van der Waals surface area contributed by atoms with Crippen LogP contribution in [0.2, 0.25) is 0 Å². The van der Waals surface area contributed by atoms with Crippen LogP contribution in [0.3, 0.4) is 0 Å². The van der Waals surface area contributed by atoms with Crippen molar-refractivity contribution in [2.75, 3.05) is 5.32 Å². The molecule has 4 heteroatoms. The van der Waals surface area contributed by atoms with Gasteiger partial charge in [-0.3, -0.25) is 4.79 Å². The Bertz CT molecular complexity index is 789. The number of aromatic nitrogens is 2. The van der Waals surface area contributed by atoms with Gasteiger partial charge in [0.1, 0.15) is 0 Å². The van der Waals surface area contributed by atoms with Gasteiger partial charge >= 0.3 is 0 Å². The van der Waals surface area contributed by atoms with Crippen LogP contribution in [0.4, 0.5) is 5.69 Å². The Hall–Kier alpha value is -2.62. The molecule has 0 atom stereocenters. The summed E-state index contributed by atoms with van der Waals surface area (Å²) in [5.41, 5.74) is 4.53. The fourth-order valence-electron chi connectivity index (χ4n) is 2.13. The second kappa shape index (κ2) is 4.81. The molecule has 20 heavy (non-hydrogen) atoms. The van der Waals surface area contributed by atoms with Crippen LogP contribution in [0.15, 0.2) is 48.8 Å². The van der Waals surface area contributed by atoms with Gasteiger partial charge in [0.05, 0.1) is 17.3 Å². The van der Waals surface area contributed by atoms with Gasteiger partial charge in [-0.2, -0.15) is 5.10 Å². The van der Waals surface area contributed by atoms with Crippen LogP contribution in [0.1, 0.15) is 21.5 Å². The Kier molecular flexibility index (Phi) is 2.99. The summed E-state index contributed by atoms with van der Waals surface area (Å²) >= 11 is 0. The van der Waals surface area contributed by atoms with Gasteiger partial charge in [0.15, 0.2) is 0 Å². The highest BCUT2D eigenvalue weighted by atomic mass is 16.1. The van der Waals surface area contributed by atoms with E-state index in [1.165, 1.54) is 5.56 Å². The zero-order valence-electron chi connectivity index (χ0n) is 11.4. The van der Waals surface area contributed by atoms with Crippen LogP contribution in [0, 0.1) is 13.8 Å². The van der Waals surface area contributed by atoms with E-state index in [9.17, 15) is 4.79 Å². The standard InChI is InChI=1S/C16H15N3O/c1-11-6-7-13(9-12(11)2)18-16(20)14-10-17-19-8-4-3-5-15(14)19/h3-10H,1-2H3,(H,18,20). The number of hydrogen-bond donors (Lipinski definition) is 1. The van der Waals surface area contributed by atoms with Crippen LogP contribution in [-0.4, -0.2) is 15.5 Å². The smallest absolute Gasteiger partial charge is 0.259 e. The zero-order valence-corrected chi connectivity index (χ0v) is 11.4. The number of nitrogens with one attached hydrogen (secondary N) is 1. The molecule has 1 N–H and O–H groups in total. The van der Waals surface area contributed by atoms with E-state index < -0.39 is 0 Å². The number of pyridine rings is 1. The van der Waals surface area contributed by atoms with Gasteiger partial charge in [-0.25, -0.2) is 4.52 Å². The van der Waals surface area contributed by atoms with Crippen molar-refractivity contribution in [2.24, 2.45) is 0 Å². The van der Waals surface area contributed by atoms with Gasteiger partial charge in [0.2, 0.25) is 0 Å². The first kappa shape index (κ1) is 12.4. The minimum absolute atomic E-state index is 0.144. The molecule has 100 valence electrons. The molecule has 2 heterocycles. The Morgan fingerprint density at radius 1 is 1.15 bits per heavy atom. The molecule has 0 bridgehead atoms. The molecule has 3 aromatic rings. The molecule has 2 aromatic heterocycles. The second-order valence-corrected chi connectivity index (χ2v) is 4.84. The molecule has 0 radical (unpaired) electrons. The minimum atomic E-state index is -0.144. The second-order valence-electron chi connectivity index (χ2n) is 4.84. The van der Waals surface area contributed by atoms with E-state index in [0.29, 0.717) is 5.56 Å². The van der Waals surface area contributed by atoms with E-state index in [0.717, 1.165) is 16.8 Å². The number of benzene rings is 1. The SMILES string of the molecule is Cc1ccc(NC(=O)c2cnn3ccccc23)cc1C. The third-order valence-electron chi connectivity index (χ3n) is 3.44. The summed E-state index contributed by atoms with van der Waals surface area (Å²) in [7, 11) is 0. The molecule has 0 unspecified atom stereocenters. The van der Waals surface area contributed by atoms with E-state index in [4.69, 9.17) is 0 Å². The van der Waals surface area contributed by atoms with Crippen LogP contribution < -0.4 is 5.32 Å². The summed E-state index contributed by atoms with van der Waals surface area (Å²) in [6, 6.07) is 11.5. The zero-order chi connectivity index (χ0) is 14.1. The van der Waals surface area contributed by atoms with Crippen LogP contribution in [0.5, 0.6) is 0 Å². The van der Waals surface area contributed by atoms with Gasteiger partial charge in [0.25, 0.3) is 5.91 Å². The first-order valence-corrected chi connectivity index (χ1v) is 6.46. The highest BCUT2D eigenvalue weighted by Gasteiger charge is 2.12. The van der Waals surface area contributed by atoms with Crippen LogP contribution in [0.25, 0.3) is 5.52 Å². The van der Waals surface area contributed by atoms with Crippen molar-refractivity contribution >= 4 is 17.1 Å². The van der Waals surface area contributed by atoms with Crippen molar-refractivity contribution in [1.82, 2.24) is 9.61 Å². The van der Waals surface area contributed by atoms with Gasteiger partial charge < -0.3 is 5.32 Å². The summed E-state index contributed by atoms with van der Waals surface area (Å²) in [5, 5.41) is 7.08. The number of nitrogens with zero attached hydrogens (tertiary/aromatic N) is 2. The Balaban J connectivity index is 1.91. The average Bonchev–Trinajstić information content (AvgIpc) is 2.87. The lowest BCUT2D eigenvalue weighted by Crippen LogP contribution is -2.11. The Labute approximate surface area is 117 Å². The molecule has 0 saturated carbocycles. The van der Waals surface area contributed by atoms with Crippen molar-refractivity contribution in [1.29, 1.82) is 0 Å². The minimum Gasteiger partial charge on any atom is -0.322 e. The van der Waals surface area contributed by atoms with Crippen molar-refractivity contribution in [3.63, 3.8) is 0 Å². The fraction of sp³-hybridized carbons (Fsp3) is 0.125. The van der Waals surface area contributed by atoms with Gasteiger partial charge in [-0.1, -0.05) is 12.1 Å². The number of anilines is 1. The highest BCUT2D eigenvalue weighted by Crippen LogP contribution is 2.17. The number of amides is 1. The maximum atomic E-state index is 12.3. The number of carbonyl (C=O) groups is 1. The summed E-state index contributed by atoms with van der Waals surface area (Å²) in [5.74, 6) is -0.144. The molecule has 3 rings (SSSR count). The topological polar surface area (TPSA) is 46.4 Å². The molecule has 0 aliphatic carbocycles. The maximum absolute atomic E-state index is 12.3. The molecule has 0 aliphatic rings. The fourth-order valence-corrected chi connectivity index (χ4v) is 2.13. The van der Waals surface area contributed by atoms with Gasteiger partial charge in [0, 0.05) is 11.9 Å². The molecule has 1 amide bonds. The predicted molar refractivity (Wildman–Crippen MR) is 79.1 cm³/mol. The summed E-state index contributed by atoms with van der Waals surface area (Å²) < 4.78 is 1.69. The molecule has 1 aromatic carbocycles. The van der Waals surface area contributed by atoms with Crippen molar-refractivity contribution in [2.45, 2.75) is 13.8 Å². The van der Waals surface area contributed by atoms with E-state index in [1.807, 2.05) is 56.4 Å². The lowest BCUT2D eigenvalue weighted by Gasteiger charge is -2.07. The molecular weight excluding hydrogens is 250 g/mol. The lowest BCUT2D eigenvalue weighted by atomic mass is 10.1. The highest BCUT2D eigenvalue weighted by molar-refractivity contribution is 6.08. The number of aryl methyl sites for hydroxylation is 2. The van der Waals surface area contributed by atoms with Gasteiger partial charge in [-0.15, -0.1) is 0 Å². The third-order valence-corrected chi connectivity index (χ3v) is 3.44. The summed E-state index contributed by atoms with van der Waals surface area (Å²) in [6.45, 7) is 4.08. The first-order valence-electron chi connectivity index (χ1n) is 6.46. The van der Waals surface area contributed by atoms with Crippen molar-refractivity contribution in [3.8, 4) is 0 Å². The van der Waals surface area contributed by atoms with E-state index in [1.54, 1.807) is 10.7 Å². The molecular formula is C16H15N3O. The number of carbonyl (C=O) groups excluding carboxylic acids is 1. The maximum Gasteiger partial charge on any atom is 0.259 e. The summed E-state index contributed by atoms with van der Waals surface area (Å²) in [4.78, 5) is 12.3. The largest absolute Gasteiger partial charge is 0.322 e. The quantitative estimate of drug-likeness (QED) is 0.773. The number of rotatable bonds is 2. The molecule has 0 aliphatic heterocycles. The summed E-state index contributed by atoms with van der Waals surface area (Å²) in [6.07, 6.45) is 3.41. The van der Waals surface area contributed by atoms with E-state index in [2.05, 4.69) is 10.4 Å². The molecule has 0 spiro atoms. The monoisotopic (exact) mass is 265 g/mol. The van der Waals surface area contributed by atoms with Crippen LogP contribution in [-0.2, 0) is 0 Å². The van der Waals surface area contributed by atoms with Crippen LogP contribution >= 0.6 is 0 Å². The third kappa shape index (κ3) is 2.16. The van der Waals surface area contributed by atoms with E-state index in [-0.39, 0.29) is 5.91 Å². The predicted octanol–water partition coefficient (Wildman–Crippen LogP) is 3.20. The van der Waals surface area contributed by atoms with Gasteiger partial charge in [-0.05, 0) is 49.2 Å². The van der Waals surface area contributed by atoms with Crippen molar-refractivity contribution in [3.05, 3.63) is 65.5 Å². The molecule has 0 fully saturated rings. The molecule has 0 saturated heterocycles. The lowest BCUT2D eigenvalue weighted by molar-refractivity contribution is 0.102. The average molecular weight is 265 g/mol. The Morgan fingerprint density at radius 2 is 2.00 bits per heavy atom.